The summed E-state index contributed by atoms with van der Waals surface area (Å²) in [6.45, 7) is 12.3. The van der Waals surface area contributed by atoms with Crippen LogP contribution in [0.4, 0.5) is 0 Å². The molecule has 108 valence electrons. The minimum atomic E-state index is -0.138. The third kappa shape index (κ3) is 7.67. The Kier molecular flexibility index (Phi) is 7.48. The Morgan fingerprint density at radius 2 is 1.83 bits per heavy atom. The summed E-state index contributed by atoms with van der Waals surface area (Å²) in [6.07, 6.45) is 0.963. The highest BCUT2D eigenvalue weighted by molar-refractivity contribution is 5.81. The Hall–Kier alpha value is -0.610. The second-order valence-electron chi connectivity index (χ2n) is 6.32. The van der Waals surface area contributed by atoms with Gasteiger partial charge in [0.15, 0.2) is 0 Å². The molecule has 0 aliphatic carbocycles. The number of nitrogens with one attached hydrogen (secondary N) is 2. The molecule has 0 rings (SSSR count). The topological polar surface area (TPSA) is 44.4 Å². The third-order valence-corrected chi connectivity index (χ3v) is 3.03. The van der Waals surface area contributed by atoms with Crippen molar-refractivity contribution in [3.63, 3.8) is 0 Å². The van der Waals surface area contributed by atoms with Crippen molar-refractivity contribution < 1.29 is 4.79 Å². The van der Waals surface area contributed by atoms with Gasteiger partial charge in [-0.3, -0.25) is 4.79 Å². The van der Waals surface area contributed by atoms with Crippen molar-refractivity contribution in [2.75, 3.05) is 27.2 Å². The van der Waals surface area contributed by atoms with E-state index >= 15 is 0 Å². The summed E-state index contributed by atoms with van der Waals surface area (Å²) in [7, 11) is 4.14. The summed E-state index contributed by atoms with van der Waals surface area (Å²) in [6, 6.07) is 0.108. The van der Waals surface area contributed by atoms with Crippen molar-refractivity contribution in [2.45, 2.75) is 53.1 Å². The highest BCUT2D eigenvalue weighted by Crippen LogP contribution is 2.14. The first-order valence-electron chi connectivity index (χ1n) is 6.86. The molecule has 0 bridgehead atoms. The van der Waals surface area contributed by atoms with Crippen LogP contribution in [-0.2, 0) is 4.79 Å². The van der Waals surface area contributed by atoms with E-state index in [0.717, 1.165) is 19.5 Å². The maximum absolute atomic E-state index is 11.9. The van der Waals surface area contributed by atoms with Gasteiger partial charge in [0, 0.05) is 19.1 Å². The summed E-state index contributed by atoms with van der Waals surface area (Å²) in [5, 5.41) is 6.31. The third-order valence-electron chi connectivity index (χ3n) is 3.03. The standard InChI is InChI=1S/C14H31N3O/c1-8-11(2)16-13(18)12(3)15-9-14(4,5)10-17(6)7/h11-12,15H,8-10H2,1-7H3,(H,16,18). The lowest BCUT2D eigenvalue weighted by Gasteiger charge is -2.30. The van der Waals surface area contributed by atoms with Crippen LogP contribution in [0, 0.1) is 5.41 Å². The van der Waals surface area contributed by atoms with Crippen LogP contribution < -0.4 is 10.6 Å². The Labute approximate surface area is 113 Å². The molecule has 2 unspecified atom stereocenters. The van der Waals surface area contributed by atoms with Crippen LogP contribution in [0.2, 0.25) is 0 Å². The van der Waals surface area contributed by atoms with E-state index in [1.165, 1.54) is 0 Å². The van der Waals surface area contributed by atoms with Crippen LogP contribution >= 0.6 is 0 Å². The minimum absolute atomic E-state index is 0.0880. The van der Waals surface area contributed by atoms with E-state index in [-0.39, 0.29) is 23.4 Å². The van der Waals surface area contributed by atoms with E-state index in [1.807, 2.05) is 13.8 Å². The van der Waals surface area contributed by atoms with Crippen molar-refractivity contribution in [1.29, 1.82) is 0 Å². The van der Waals surface area contributed by atoms with E-state index in [2.05, 4.69) is 50.4 Å². The molecular formula is C14H31N3O. The summed E-state index contributed by atoms with van der Waals surface area (Å²) in [4.78, 5) is 14.0. The van der Waals surface area contributed by atoms with Gasteiger partial charge < -0.3 is 15.5 Å². The molecule has 0 fully saturated rings. The first-order chi connectivity index (χ1) is 8.18. The van der Waals surface area contributed by atoms with E-state index in [0.29, 0.717) is 0 Å². The highest BCUT2D eigenvalue weighted by Gasteiger charge is 2.21. The van der Waals surface area contributed by atoms with Crippen LogP contribution in [0.15, 0.2) is 0 Å². The first-order valence-corrected chi connectivity index (χ1v) is 6.86. The average molecular weight is 257 g/mol. The molecule has 0 heterocycles. The Bertz CT molecular complexity index is 251. The van der Waals surface area contributed by atoms with Crippen molar-refractivity contribution in [3.8, 4) is 0 Å². The molecule has 0 saturated heterocycles. The van der Waals surface area contributed by atoms with Gasteiger partial charge in [-0.2, -0.15) is 0 Å². The SMILES string of the molecule is CCC(C)NC(=O)C(C)NCC(C)(C)CN(C)C. The minimum Gasteiger partial charge on any atom is -0.352 e. The van der Waals surface area contributed by atoms with Gasteiger partial charge in [0.2, 0.25) is 5.91 Å². The molecule has 0 aromatic carbocycles. The highest BCUT2D eigenvalue weighted by atomic mass is 16.2. The molecule has 4 heteroatoms. The predicted molar refractivity (Wildman–Crippen MR) is 77.7 cm³/mol. The molecule has 0 aliphatic heterocycles. The molecule has 2 N–H and O–H groups in total. The molecule has 1 amide bonds. The molecular weight excluding hydrogens is 226 g/mol. The molecule has 2 atom stereocenters. The molecule has 0 aromatic rings. The number of amides is 1. The number of hydrogen-bond donors (Lipinski definition) is 2. The van der Waals surface area contributed by atoms with Gasteiger partial charge in [0.1, 0.15) is 0 Å². The largest absolute Gasteiger partial charge is 0.352 e. The van der Waals surface area contributed by atoms with Gasteiger partial charge in [-0.05, 0) is 39.8 Å². The van der Waals surface area contributed by atoms with E-state index in [1.54, 1.807) is 0 Å². The van der Waals surface area contributed by atoms with Crippen LogP contribution in [0.1, 0.15) is 41.0 Å². The van der Waals surface area contributed by atoms with Crippen LogP contribution in [0.3, 0.4) is 0 Å². The van der Waals surface area contributed by atoms with Gasteiger partial charge in [0.05, 0.1) is 6.04 Å². The van der Waals surface area contributed by atoms with Crippen LogP contribution in [-0.4, -0.2) is 50.1 Å². The zero-order valence-corrected chi connectivity index (χ0v) is 13.1. The van der Waals surface area contributed by atoms with Crippen LogP contribution in [0.5, 0.6) is 0 Å². The smallest absolute Gasteiger partial charge is 0.237 e. The molecule has 0 saturated carbocycles. The quantitative estimate of drug-likeness (QED) is 0.692. The number of rotatable bonds is 8. The van der Waals surface area contributed by atoms with E-state index < -0.39 is 0 Å². The number of carbonyl (C=O) groups is 1. The first kappa shape index (κ1) is 17.4. The monoisotopic (exact) mass is 257 g/mol. The summed E-state index contributed by atoms with van der Waals surface area (Å²) in [5.41, 5.74) is 0.161. The van der Waals surface area contributed by atoms with Gasteiger partial charge >= 0.3 is 0 Å². The fraction of sp³-hybridized carbons (Fsp3) is 0.929. The lowest BCUT2D eigenvalue weighted by atomic mass is 9.92. The number of hydrogen-bond acceptors (Lipinski definition) is 3. The zero-order valence-electron chi connectivity index (χ0n) is 13.1. The predicted octanol–water partition coefficient (Wildman–Crippen LogP) is 1.47. The molecule has 0 spiro atoms. The summed E-state index contributed by atoms with van der Waals surface area (Å²) in [5.74, 6) is 0.0880. The Morgan fingerprint density at radius 1 is 1.28 bits per heavy atom. The fourth-order valence-electron chi connectivity index (χ4n) is 1.90. The summed E-state index contributed by atoms with van der Waals surface area (Å²) >= 11 is 0. The second kappa shape index (κ2) is 7.74. The average Bonchev–Trinajstić information content (AvgIpc) is 2.23. The zero-order chi connectivity index (χ0) is 14.3. The van der Waals surface area contributed by atoms with Gasteiger partial charge in [-0.15, -0.1) is 0 Å². The van der Waals surface area contributed by atoms with Crippen molar-refractivity contribution in [3.05, 3.63) is 0 Å². The van der Waals surface area contributed by atoms with Crippen LogP contribution in [0.25, 0.3) is 0 Å². The van der Waals surface area contributed by atoms with Crippen molar-refractivity contribution >= 4 is 5.91 Å². The number of nitrogens with zero attached hydrogens (tertiary/aromatic N) is 1. The normalized spacial score (nSPS) is 15.6. The fourth-order valence-corrected chi connectivity index (χ4v) is 1.90. The van der Waals surface area contributed by atoms with Gasteiger partial charge in [-0.1, -0.05) is 20.8 Å². The molecule has 0 radical (unpaired) electrons. The maximum atomic E-state index is 11.9. The maximum Gasteiger partial charge on any atom is 0.237 e. The van der Waals surface area contributed by atoms with E-state index in [9.17, 15) is 4.79 Å². The number of carbonyl (C=O) groups excluding carboxylic acids is 1. The molecule has 0 aliphatic rings. The van der Waals surface area contributed by atoms with Crippen molar-refractivity contribution in [2.24, 2.45) is 5.41 Å². The second-order valence-corrected chi connectivity index (χ2v) is 6.32. The van der Waals surface area contributed by atoms with Gasteiger partial charge in [0.25, 0.3) is 0 Å². The Morgan fingerprint density at radius 3 is 2.28 bits per heavy atom. The molecule has 4 nitrogen and oxygen atoms in total. The lowest BCUT2D eigenvalue weighted by Crippen LogP contribution is -2.48. The van der Waals surface area contributed by atoms with Crippen molar-refractivity contribution in [1.82, 2.24) is 15.5 Å². The van der Waals surface area contributed by atoms with E-state index in [4.69, 9.17) is 0 Å². The Balaban J connectivity index is 4.08. The lowest BCUT2D eigenvalue weighted by molar-refractivity contribution is -0.123. The van der Waals surface area contributed by atoms with Gasteiger partial charge in [-0.25, -0.2) is 0 Å². The molecule has 18 heavy (non-hydrogen) atoms. The summed E-state index contributed by atoms with van der Waals surface area (Å²) < 4.78 is 0. The molecule has 0 aromatic heterocycles.